The Morgan fingerprint density at radius 3 is 2.88 bits per heavy atom. The fraction of sp³-hybridized carbons (Fsp3) is 0.263. The van der Waals surface area contributed by atoms with Gasteiger partial charge in [0.25, 0.3) is 5.91 Å². The maximum Gasteiger partial charge on any atom is 0.270 e. The number of aromatic nitrogens is 2. The Labute approximate surface area is 150 Å². The molecule has 0 bridgehead atoms. The van der Waals surface area contributed by atoms with Gasteiger partial charge in [0.2, 0.25) is 0 Å². The Kier molecular flexibility index (Phi) is 4.28. The molecule has 1 N–H and O–H groups in total. The number of nitrogens with zero attached hydrogens (tertiary/aromatic N) is 2. The van der Waals surface area contributed by atoms with Crippen molar-refractivity contribution in [1.29, 1.82) is 0 Å². The number of methoxy groups -OCH3 is 1. The second kappa shape index (κ2) is 6.72. The van der Waals surface area contributed by atoms with Gasteiger partial charge in [-0.05, 0) is 31.0 Å². The number of nitrogens with one attached hydrogen (secondary N) is 1. The normalized spacial score (nSPS) is 14.0. The lowest BCUT2D eigenvalue weighted by Crippen LogP contribution is -2.27. The quantitative estimate of drug-likeness (QED) is 0.770. The van der Waals surface area contributed by atoms with Gasteiger partial charge in [-0.2, -0.15) is 0 Å². The fourth-order valence-corrected chi connectivity index (χ4v) is 3.97. The first-order valence-corrected chi connectivity index (χ1v) is 9.21. The van der Waals surface area contributed by atoms with Gasteiger partial charge >= 0.3 is 0 Å². The number of rotatable bonds is 4. The van der Waals surface area contributed by atoms with Crippen LogP contribution < -0.4 is 4.74 Å². The third-order valence-corrected chi connectivity index (χ3v) is 5.32. The highest BCUT2D eigenvalue weighted by atomic mass is 32.1. The number of aromatic amines is 1. The van der Waals surface area contributed by atoms with E-state index in [4.69, 9.17) is 9.72 Å². The summed E-state index contributed by atoms with van der Waals surface area (Å²) in [4.78, 5) is 22.2. The summed E-state index contributed by atoms with van der Waals surface area (Å²) in [5, 5.41) is 2.91. The topological polar surface area (TPSA) is 58.2 Å². The molecule has 128 valence electrons. The Hall–Kier alpha value is -2.60. The van der Waals surface area contributed by atoms with Crippen LogP contribution in [-0.4, -0.2) is 41.0 Å². The molecule has 0 unspecified atom stereocenters. The first kappa shape index (κ1) is 15.9. The minimum atomic E-state index is 0.0731. The minimum Gasteiger partial charge on any atom is -0.496 e. The highest BCUT2D eigenvalue weighted by molar-refractivity contribution is 7.13. The van der Waals surface area contributed by atoms with Gasteiger partial charge in [0, 0.05) is 30.2 Å². The standard InChI is InChI=1S/C19H19N3O2S/c1-24-17-7-3-2-6-14(17)18-21-16(12-25-18)13-10-15(20-11-13)19(23)22-8-4-5-9-22/h2-3,6-7,10-12,20H,4-5,8-9H2,1H3. The number of amides is 1. The molecule has 25 heavy (non-hydrogen) atoms. The van der Waals surface area contributed by atoms with E-state index >= 15 is 0 Å². The van der Waals surface area contributed by atoms with Crippen molar-refractivity contribution in [3.05, 3.63) is 47.6 Å². The molecule has 1 amide bonds. The molecule has 3 aromatic rings. The number of likely N-dealkylation sites (tertiary alicyclic amines) is 1. The van der Waals surface area contributed by atoms with E-state index in [-0.39, 0.29) is 5.91 Å². The summed E-state index contributed by atoms with van der Waals surface area (Å²) in [5.74, 6) is 0.881. The molecule has 5 nitrogen and oxygen atoms in total. The van der Waals surface area contributed by atoms with Crippen LogP contribution in [0.15, 0.2) is 41.9 Å². The third kappa shape index (κ3) is 3.05. The first-order valence-electron chi connectivity index (χ1n) is 8.33. The van der Waals surface area contributed by atoms with Crippen LogP contribution in [0.3, 0.4) is 0 Å². The van der Waals surface area contributed by atoms with E-state index in [0.29, 0.717) is 5.69 Å². The van der Waals surface area contributed by atoms with Crippen LogP contribution in [-0.2, 0) is 0 Å². The molecular weight excluding hydrogens is 334 g/mol. The highest BCUT2D eigenvalue weighted by Gasteiger charge is 2.21. The number of thiazole rings is 1. The molecule has 1 fully saturated rings. The zero-order chi connectivity index (χ0) is 17.2. The second-order valence-electron chi connectivity index (χ2n) is 6.04. The van der Waals surface area contributed by atoms with Crippen LogP contribution in [0, 0.1) is 0 Å². The molecule has 0 atom stereocenters. The Balaban J connectivity index is 1.59. The van der Waals surface area contributed by atoms with Crippen LogP contribution in [0.5, 0.6) is 5.75 Å². The molecule has 0 saturated carbocycles. The molecular formula is C19H19N3O2S. The number of benzene rings is 1. The van der Waals surface area contributed by atoms with Crippen molar-refractivity contribution in [2.45, 2.75) is 12.8 Å². The minimum absolute atomic E-state index is 0.0731. The molecule has 0 radical (unpaired) electrons. The van der Waals surface area contributed by atoms with Crippen LogP contribution in [0.2, 0.25) is 0 Å². The number of hydrogen-bond donors (Lipinski definition) is 1. The number of hydrogen-bond acceptors (Lipinski definition) is 4. The summed E-state index contributed by atoms with van der Waals surface area (Å²) >= 11 is 1.57. The van der Waals surface area contributed by atoms with Gasteiger partial charge in [0.1, 0.15) is 16.5 Å². The number of carbonyl (C=O) groups excluding carboxylic acids is 1. The lowest BCUT2D eigenvalue weighted by Gasteiger charge is -2.13. The lowest BCUT2D eigenvalue weighted by molar-refractivity contribution is 0.0788. The first-order chi connectivity index (χ1) is 12.3. The molecule has 2 aromatic heterocycles. The average molecular weight is 353 g/mol. The number of carbonyl (C=O) groups is 1. The Bertz CT molecular complexity index is 893. The zero-order valence-corrected chi connectivity index (χ0v) is 14.8. The predicted molar refractivity (Wildman–Crippen MR) is 99.0 cm³/mol. The highest BCUT2D eigenvalue weighted by Crippen LogP contribution is 2.34. The number of ether oxygens (including phenoxy) is 1. The average Bonchev–Trinajstić information content (AvgIpc) is 3.42. The number of H-pyrrole nitrogens is 1. The van der Waals surface area contributed by atoms with Crippen molar-refractivity contribution in [1.82, 2.24) is 14.9 Å². The van der Waals surface area contributed by atoms with Crippen molar-refractivity contribution in [2.75, 3.05) is 20.2 Å². The summed E-state index contributed by atoms with van der Waals surface area (Å²) in [6.07, 6.45) is 4.03. The molecule has 3 heterocycles. The molecule has 4 rings (SSSR count). The molecule has 1 aliphatic rings. The van der Waals surface area contributed by atoms with Gasteiger partial charge in [-0.25, -0.2) is 4.98 Å². The largest absolute Gasteiger partial charge is 0.496 e. The van der Waals surface area contributed by atoms with Gasteiger partial charge in [-0.3, -0.25) is 4.79 Å². The summed E-state index contributed by atoms with van der Waals surface area (Å²) in [6.45, 7) is 1.70. The SMILES string of the molecule is COc1ccccc1-c1nc(-c2c[nH]c(C(=O)N3CCCC3)c2)cs1. The monoisotopic (exact) mass is 353 g/mol. The van der Waals surface area contributed by atoms with Crippen molar-refractivity contribution in [3.63, 3.8) is 0 Å². The Morgan fingerprint density at radius 1 is 1.28 bits per heavy atom. The predicted octanol–water partition coefficient (Wildman–Crippen LogP) is 4.05. The summed E-state index contributed by atoms with van der Waals surface area (Å²) in [6, 6.07) is 9.74. The molecule has 1 saturated heterocycles. The van der Waals surface area contributed by atoms with Crippen LogP contribution in [0.25, 0.3) is 21.8 Å². The molecule has 6 heteroatoms. The van der Waals surface area contributed by atoms with Crippen molar-refractivity contribution in [2.24, 2.45) is 0 Å². The smallest absolute Gasteiger partial charge is 0.270 e. The van der Waals surface area contributed by atoms with Crippen LogP contribution >= 0.6 is 11.3 Å². The molecule has 1 aliphatic heterocycles. The van der Waals surface area contributed by atoms with Gasteiger partial charge in [-0.1, -0.05) is 12.1 Å². The van der Waals surface area contributed by atoms with Crippen LogP contribution in [0.1, 0.15) is 23.3 Å². The van der Waals surface area contributed by atoms with E-state index < -0.39 is 0 Å². The van der Waals surface area contributed by atoms with Gasteiger partial charge in [0.15, 0.2) is 0 Å². The van der Waals surface area contributed by atoms with Gasteiger partial charge < -0.3 is 14.6 Å². The van der Waals surface area contributed by atoms with E-state index in [2.05, 4.69) is 4.98 Å². The summed E-state index contributed by atoms with van der Waals surface area (Å²) in [7, 11) is 1.66. The summed E-state index contributed by atoms with van der Waals surface area (Å²) < 4.78 is 5.42. The molecule has 1 aromatic carbocycles. The lowest BCUT2D eigenvalue weighted by atomic mass is 10.2. The maximum absolute atomic E-state index is 12.5. The van der Waals surface area contributed by atoms with Crippen molar-refractivity contribution in [3.8, 4) is 27.6 Å². The van der Waals surface area contributed by atoms with Crippen molar-refractivity contribution >= 4 is 17.2 Å². The molecule has 0 aliphatic carbocycles. The van der Waals surface area contributed by atoms with E-state index in [1.165, 1.54) is 0 Å². The second-order valence-corrected chi connectivity index (χ2v) is 6.90. The maximum atomic E-state index is 12.5. The fourth-order valence-electron chi connectivity index (χ4n) is 3.11. The van der Waals surface area contributed by atoms with Gasteiger partial charge in [0.05, 0.1) is 18.4 Å². The van der Waals surface area contributed by atoms with E-state index in [1.807, 2.05) is 46.8 Å². The van der Waals surface area contributed by atoms with Gasteiger partial charge in [-0.15, -0.1) is 11.3 Å². The van der Waals surface area contributed by atoms with E-state index in [1.54, 1.807) is 18.4 Å². The molecule has 0 spiro atoms. The van der Waals surface area contributed by atoms with E-state index in [0.717, 1.165) is 53.5 Å². The Morgan fingerprint density at radius 2 is 2.08 bits per heavy atom. The van der Waals surface area contributed by atoms with E-state index in [9.17, 15) is 4.79 Å². The zero-order valence-electron chi connectivity index (χ0n) is 14.0. The summed E-state index contributed by atoms with van der Waals surface area (Å²) in [5.41, 5.74) is 3.40. The van der Waals surface area contributed by atoms with Crippen LogP contribution in [0.4, 0.5) is 0 Å². The number of para-hydroxylation sites is 1. The van der Waals surface area contributed by atoms with Crippen molar-refractivity contribution < 1.29 is 9.53 Å². The third-order valence-electron chi connectivity index (χ3n) is 4.44.